The van der Waals surface area contributed by atoms with E-state index >= 15 is 0 Å². The molecule has 2 rings (SSSR count). The Morgan fingerprint density at radius 1 is 1.25 bits per heavy atom. The van der Waals surface area contributed by atoms with Crippen LogP contribution in [0, 0.1) is 0 Å². The van der Waals surface area contributed by atoms with Crippen molar-refractivity contribution in [3.8, 4) is 11.5 Å². The number of hydrogen-bond acceptors (Lipinski definition) is 5. The molecule has 0 aliphatic rings. The fraction of sp³-hybridized carbons (Fsp3) is 0. The summed E-state index contributed by atoms with van der Waals surface area (Å²) < 4.78 is 0. The Morgan fingerprint density at radius 3 is 2.85 bits per heavy atom. The van der Waals surface area contributed by atoms with Gasteiger partial charge in [0.25, 0.3) is 0 Å². The summed E-state index contributed by atoms with van der Waals surface area (Å²) in [5, 5.41) is 25.9. The first kappa shape index (κ1) is 13.8. The molecule has 0 radical (unpaired) electrons. The second kappa shape index (κ2) is 6.48. The van der Waals surface area contributed by atoms with E-state index in [4.69, 9.17) is 12.2 Å². The van der Waals surface area contributed by atoms with Crippen molar-refractivity contribution in [2.24, 2.45) is 5.10 Å². The zero-order valence-electron chi connectivity index (χ0n) is 10.3. The zero-order chi connectivity index (χ0) is 14.4. The third kappa shape index (κ3) is 3.66. The van der Waals surface area contributed by atoms with Gasteiger partial charge in [-0.3, -0.25) is 10.4 Å². The lowest BCUT2D eigenvalue weighted by Gasteiger charge is -2.06. The lowest BCUT2D eigenvalue weighted by molar-refractivity contribution is 0.403. The molecule has 20 heavy (non-hydrogen) atoms. The number of benzene rings is 1. The van der Waals surface area contributed by atoms with Crippen molar-refractivity contribution >= 4 is 29.2 Å². The molecule has 1 heterocycles. The summed E-state index contributed by atoms with van der Waals surface area (Å²) in [6, 6.07) is 8.18. The highest BCUT2D eigenvalue weighted by Crippen LogP contribution is 2.26. The van der Waals surface area contributed by atoms with Gasteiger partial charge in [-0.1, -0.05) is 6.07 Å². The lowest BCUT2D eigenvalue weighted by atomic mass is 10.2. The number of aromatic nitrogens is 1. The quantitative estimate of drug-likeness (QED) is 0.298. The molecular weight excluding hydrogens is 276 g/mol. The Bertz CT molecular complexity index is 632. The van der Waals surface area contributed by atoms with Crippen LogP contribution in [0.25, 0.3) is 0 Å². The minimum Gasteiger partial charge on any atom is -0.504 e. The third-order valence-electron chi connectivity index (χ3n) is 2.34. The second-order valence-corrected chi connectivity index (χ2v) is 4.19. The van der Waals surface area contributed by atoms with Crippen LogP contribution in [0.2, 0.25) is 0 Å². The topological polar surface area (TPSA) is 89.8 Å². The molecule has 0 bridgehead atoms. The molecule has 1 aromatic carbocycles. The highest BCUT2D eigenvalue weighted by atomic mass is 32.1. The van der Waals surface area contributed by atoms with E-state index in [2.05, 4.69) is 20.8 Å². The van der Waals surface area contributed by atoms with Gasteiger partial charge < -0.3 is 15.5 Å². The molecule has 0 aliphatic carbocycles. The predicted molar refractivity (Wildman–Crippen MR) is 81.0 cm³/mol. The van der Waals surface area contributed by atoms with Gasteiger partial charge in [-0.25, -0.2) is 0 Å². The molecule has 2 aromatic rings. The van der Waals surface area contributed by atoms with Gasteiger partial charge in [0.1, 0.15) is 0 Å². The molecule has 7 heteroatoms. The van der Waals surface area contributed by atoms with Gasteiger partial charge in [0.05, 0.1) is 18.1 Å². The van der Waals surface area contributed by atoms with Crippen LogP contribution >= 0.6 is 12.2 Å². The fourth-order valence-corrected chi connectivity index (χ4v) is 1.58. The molecule has 102 valence electrons. The Labute approximate surface area is 120 Å². The van der Waals surface area contributed by atoms with Crippen molar-refractivity contribution in [3.05, 3.63) is 48.3 Å². The monoisotopic (exact) mass is 288 g/mol. The smallest absolute Gasteiger partial charge is 0.191 e. The maximum Gasteiger partial charge on any atom is 0.191 e. The van der Waals surface area contributed by atoms with Crippen molar-refractivity contribution in [3.63, 3.8) is 0 Å². The summed E-state index contributed by atoms with van der Waals surface area (Å²) in [5.74, 6) is -0.436. The normalized spacial score (nSPS) is 10.4. The predicted octanol–water partition coefficient (Wildman–Crippen LogP) is 1.81. The van der Waals surface area contributed by atoms with E-state index in [-0.39, 0.29) is 16.6 Å². The van der Waals surface area contributed by atoms with Crippen molar-refractivity contribution in [2.75, 3.05) is 5.32 Å². The molecule has 0 amide bonds. The second-order valence-electron chi connectivity index (χ2n) is 3.78. The summed E-state index contributed by atoms with van der Waals surface area (Å²) >= 11 is 5.03. The van der Waals surface area contributed by atoms with Gasteiger partial charge in [-0.2, -0.15) is 5.10 Å². The molecule has 1 aromatic heterocycles. The molecule has 0 aliphatic heterocycles. The standard InChI is InChI=1S/C13H12N4O2S/c18-11-5-1-3-9(12(11)19)7-15-17-13(20)16-10-4-2-6-14-8-10/h1-8,18-19H,(H2,16,17,20)/b15-7+. The third-order valence-corrected chi connectivity index (χ3v) is 2.53. The van der Waals surface area contributed by atoms with Crippen molar-refractivity contribution < 1.29 is 10.2 Å². The van der Waals surface area contributed by atoms with Crippen LogP contribution in [-0.4, -0.2) is 26.5 Å². The molecule has 0 atom stereocenters. The average molecular weight is 288 g/mol. The SMILES string of the molecule is Oc1cccc(/C=N/NC(=S)Nc2cccnc2)c1O. The number of anilines is 1. The van der Waals surface area contributed by atoms with E-state index in [9.17, 15) is 10.2 Å². The van der Waals surface area contributed by atoms with Crippen LogP contribution < -0.4 is 10.7 Å². The first-order chi connectivity index (χ1) is 9.66. The minimum atomic E-state index is -0.232. The number of nitrogens with one attached hydrogen (secondary N) is 2. The van der Waals surface area contributed by atoms with Crippen LogP contribution in [0.5, 0.6) is 11.5 Å². The number of nitrogens with zero attached hydrogens (tertiary/aromatic N) is 2. The van der Waals surface area contributed by atoms with E-state index in [0.717, 1.165) is 5.69 Å². The van der Waals surface area contributed by atoms with Gasteiger partial charge in [0.15, 0.2) is 16.6 Å². The van der Waals surface area contributed by atoms with Crippen LogP contribution in [-0.2, 0) is 0 Å². The summed E-state index contributed by atoms with van der Waals surface area (Å²) in [6.45, 7) is 0. The molecule has 0 saturated heterocycles. The highest BCUT2D eigenvalue weighted by Gasteiger charge is 2.02. The van der Waals surface area contributed by atoms with Crippen LogP contribution in [0.1, 0.15) is 5.56 Å². The Morgan fingerprint density at radius 2 is 2.10 bits per heavy atom. The molecule has 0 unspecified atom stereocenters. The Balaban J connectivity index is 1.93. The van der Waals surface area contributed by atoms with Gasteiger partial charge in [0.2, 0.25) is 0 Å². The van der Waals surface area contributed by atoms with E-state index in [0.29, 0.717) is 5.56 Å². The van der Waals surface area contributed by atoms with Crippen LogP contribution in [0.4, 0.5) is 5.69 Å². The van der Waals surface area contributed by atoms with Gasteiger partial charge in [-0.05, 0) is 36.5 Å². The van der Waals surface area contributed by atoms with Crippen molar-refractivity contribution in [2.45, 2.75) is 0 Å². The van der Waals surface area contributed by atoms with Crippen molar-refractivity contribution in [1.82, 2.24) is 10.4 Å². The molecule has 0 saturated carbocycles. The fourth-order valence-electron chi connectivity index (χ4n) is 1.41. The molecule has 0 spiro atoms. The highest BCUT2D eigenvalue weighted by molar-refractivity contribution is 7.80. The van der Waals surface area contributed by atoms with Gasteiger partial charge in [0, 0.05) is 11.8 Å². The summed E-state index contributed by atoms with van der Waals surface area (Å²) in [4.78, 5) is 3.94. The maximum atomic E-state index is 9.57. The van der Waals surface area contributed by atoms with Crippen LogP contribution in [0.3, 0.4) is 0 Å². The lowest BCUT2D eigenvalue weighted by Crippen LogP contribution is -2.23. The minimum absolute atomic E-state index is 0.204. The molecule has 6 nitrogen and oxygen atoms in total. The first-order valence-corrected chi connectivity index (χ1v) is 6.08. The zero-order valence-corrected chi connectivity index (χ0v) is 11.1. The van der Waals surface area contributed by atoms with Crippen LogP contribution in [0.15, 0.2) is 47.8 Å². The molecule has 0 fully saturated rings. The average Bonchev–Trinajstić information content (AvgIpc) is 2.44. The summed E-state index contributed by atoms with van der Waals surface area (Å²) in [6.07, 6.45) is 4.63. The number of phenols is 2. The number of hydrogen-bond donors (Lipinski definition) is 4. The maximum absolute atomic E-state index is 9.57. The summed E-state index contributed by atoms with van der Waals surface area (Å²) in [5.41, 5.74) is 3.71. The van der Waals surface area contributed by atoms with Gasteiger partial charge in [-0.15, -0.1) is 0 Å². The number of hydrazone groups is 1. The van der Waals surface area contributed by atoms with Gasteiger partial charge >= 0.3 is 0 Å². The van der Waals surface area contributed by atoms with E-state index in [1.807, 2.05) is 6.07 Å². The molecular formula is C13H12N4O2S. The van der Waals surface area contributed by atoms with E-state index in [1.165, 1.54) is 12.3 Å². The number of pyridine rings is 1. The molecule has 4 N–H and O–H groups in total. The number of rotatable bonds is 3. The number of aromatic hydroxyl groups is 2. The van der Waals surface area contributed by atoms with Crippen molar-refractivity contribution in [1.29, 1.82) is 0 Å². The summed E-state index contributed by atoms with van der Waals surface area (Å²) in [7, 11) is 0. The first-order valence-electron chi connectivity index (χ1n) is 5.68. The Hall–Kier alpha value is -2.67. The van der Waals surface area contributed by atoms with E-state index < -0.39 is 0 Å². The number of phenolic OH excluding ortho intramolecular Hbond substituents is 2. The largest absolute Gasteiger partial charge is 0.504 e. The number of para-hydroxylation sites is 1. The number of thiocarbonyl (C=S) groups is 1. The van der Waals surface area contributed by atoms with E-state index in [1.54, 1.807) is 30.6 Å². The Kier molecular flexibility index (Phi) is 4.46.